The van der Waals surface area contributed by atoms with Crippen LogP contribution in [-0.2, 0) is 4.79 Å². The van der Waals surface area contributed by atoms with Gasteiger partial charge in [-0.1, -0.05) is 0 Å². The summed E-state index contributed by atoms with van der Waals surface area (Å²) in [6.07, 6.45) is 5.06. The number of allylic oxidation sites excluding steroid dienone is 2. The monoisotopic (exact) mass is 164 g/mol. The minimum absolute atomic E-state index is 0.170. The fourth-order valence-corrected chi connectivity index (χ4v) is 3.46. The van der Waals surface area contributed by atoms with Gasteiger partial charge >= 0.3 is 0 Å². The normalized spacial score (nSPS) is 49.7. The Hall–Kier alpha value is -0.790. The van der Waals surface area contributed by atoms with Gasteiger partial charge < -0.3 is 5.11 Å². The van der Waals surface area contributed by atoms with E-state index in [1.165, 1.54) is 25.3 Å². The fraction of sp³-hybridized carbons (Fsp3) is 0.700. The molecular formula is C10H12O2. The lowest BCUT2D eigenvalue weighted by atomic mass is 9.80. The summed E-state index contributed by atoms with van der Waals surface area (Å²) in [7, 11) is 0. The van der Waals surface area contributed by atoms with Gasteiger partial charge in [-0.25, -0.2) is 0 Å². The van der Waals surface area contributed by atoms with Gasteiger partial charge in [0.25, 0.3) is 0 Å². The van der Waals surface area contributed by atoms with Gasteiger partial charge in [0.15, 0.2) is 5.78 Å². The van der Waals surface area contributed by atoms with Crippen molar-refractivity contribution in [3.8, 4) is 0 Å². The van der Waals surface area contributed by atoms with Crippen molar-refractivity contribution in [2.24, 2.45) is 23.7 Å². The maximum Gasteiger partial charge on any atom is 0.163 e. The smallest absolute Gasteiger partial charge is 0.163 e. The van der Waals surface area contributed by atoms with Gasteiger partial charge in [0, 0.05) is 17.9 Å². The molecule has 0 spiro atoms. The van der Waals surface area contributed by atoms with Gasteiger partial charge in [0.1, 0.15) is 0 Å². The summed E-state index contributed by atoms with van der Waals surface area (Å²) in [5.41, 5.74) is 0. The summed E-state index contributed by atoms with van der Waals surface area (Å²) in [6, 6.07) is 0. The van der Waals surface area contributed by atoms with E-state index in [1.54, 1.807) is 0 Å². The molecule has 3 rings (SSSR count). The first kappa shape index (κ1) is 6.70. The van der Waals surface area contributed by atoms with E-state index in [-0.39, 0.29) is 17.6 Å². The highest BCUT2D eigenvalue weighted by molar-refractivity contribution is 5.96. The quantitative estimate of drug-likeness (QED) is 0.591. The number of fused-ring (bicyclic) bond motifs is 5. The standard InChI is InChI=1S/C10H12O2/c11-7-4-8(12)10-6-2-1-5(3-6)9(7)10/h4-6,9-11H,1-3H2/t5?,6?,9-,10+/m0/s1. The Morgan fingerprint density at radius 3 is 2.58 bits per heavy atom. The third kappa shape index (κ3) is 0.598. The molecule has 0 amide bonds. The summed E-state index contributed by atoms with van der Waals surface area (Å²) in [4.78, 5) is 11.4. The van der Waals surface area contributed by atoms with Crippen molar-refractivity contribution in [2.75, 3.05) is 0 Å². The molecule has 4 atom stereocenters. The van der Waals surface area contributed by atoms with Crippen LogP contribution in [-0.4, -0.2) is 10.9 Å². The molecule has 0 heterocycles. The molecule has 0 saturated heterocycles. The Labute approximate surface area is 71.3 Å². The van der Waals surface area contributed by atoms with Crippen LogP contribution in [0.2, 0.25) is 0 Å². The van der Waals surface area contributed by atoms with Crippen molar-refractivity contribution in [1.82, 2.24) is 0 Å². The van der Waals surface area contributed by atoms with E-state index in [4.69, 9.17) is 0 Å². The predicted molar refractivity (Wildman–Crippen MR) is 43.5 cm³/mol. The van der Waals surface area contributed by atoms with Crippen LogP contribution in [0.4, 0.5) is 0 Å². The molecule has 2 bridgehead atoms. The lowest BCUT2D eigenvalue weighted by Gasteiger charge is -2.23. The first-order chi connectivity index (χ1) is 5.77. The zero-order chi connectivity index (χ0) is 8.29. The van der Waals surface area contributed by atoms with E-state index in [0.717, 1.165) is 0 Å². The van der Waals surface area contributed by atoms with Crippen LogP contribution in [0.3, 0.4) is 0 Å². The van der Waals surface area contributed by atoms with Crippen molar-refractivity contribution >= 4 is 5.78 Å². The molecule has 2 fully saturated rings. The van der Waals surface area contributed by atoms with Gasteiger partial charge in [-0.3, -0.25) is 4.79 Å². The lowest BCUT2D eigenvalue weighted by molar-refractivity contribution is -0.119. The van der Waals surface area contributed by atoms with Gasteiger partial charge in [-0.15, -0.1) is 0 Å². The molecule has 0 aromatic heterocycles. The van der Waals surface area contributed by atoms with Crippen LogP contribution in [0.25, 0.3) is 0 Å². The average Bonchev–Trinajstić information content (AvgIpc) is 2.64. The molecule has 2 unspecified atom stereocenters. The molecule has 0 aromatic rings. The highest BCUT2D eigenvalue weighted by Crippen LogP contribution is 2.56. The van der Waals surface area contributed by atoms with E-state index in [2.05, 4.69) is 0 Å². The Morgan fingerprint density at radius 1 is 1.25 bits per heavy atom. The highest BCUT2D eigenvalue weighted by Gasteiger charge is 2.54. The van der Waals surface area contributed by atoms with Crippen LogP contribution < -0.4 is 0 Å². The van der Waals surface area contributed by atoms with E-state index >= 15 is 0 Å². The van der Waals surface area contributed by atoms with Crippen LogP contribution >= 0.6 is 0 Å². The van der Waals surface area contributed by atoms with Gasteiger partial charge in [-0.05, 0) is 31.1 Å². The second-order valence-corrected chi connectivity index (χ2v) is 4.36. The number of hydrogen-bond acceptors (Lipinski definition) is 2. The van der Waals surface area contributed by atoms with Gasteiger partial charge in [-0.2, -0.15) is 0 Å². The molecule has 2 nitrogen and oxygen atoms in total. The Balaban J connectivity index is 2.03. The predicted octanol–water partition coefficient (Wildman–Crippen LogP) is 1.67. The molecule has 12 heavy (non-hydrogen) atoms. The number of hydrogen-bond donors (Lipinski definition) is 1. The summed E-state index contributed by atoms with van der Waals surface area (Å²) in [6.45, 7) is 0. The van der Waals surface area contributed by atoms with Crippen LogP contribution in [0.1, 0.15) is 19.3 Å². The fourth-order valence-electron chi connectivity index (χ4n) is 3.46. The molecule has 0 radical (unpaired) electrons. The molecule has 3 aliphatic rings. The topological polar surface area (TPSA) is 37.3 Å². The Bertz CT molecular complexity index is 280. The van der Waals surface area contributed by atoms with Crippen LogP contribution in [0.5, 0.6) is 0 Å². The number of carbonyl (C=O) groups excluding carboxylic acids is 1. The number of aliphatic hydroxyl groups excluding tert-OH is 1. The molecule has 2 heteroatoms. The number of ketones is 1. The summed E-state index contributed by atoms with van der Waals surface area (Å²) >= 11 is 0. The second kappa shape index (κ2) is 1.93. The van der Waals surface area contributed by atoms with Gasteiger partial charge in [0.2, 0.25) is 0 Å². The van der Waals surface area contributed by atoms with Crippen molar-refractivity contribution < 1.29 is 9.90 Å². The molecule has 2 saturated carbocycles. The molecule has 0 aromatic carbocycles. The second-order valence-electron chi connectivity index (χ2n) is 4.36. The van der Waals surface area contributed by atoms with Crippen LogP contribution in [0.15, 0.2) is 11.8 Å². The van der Waals surface area contributed by atoms with Crippen molar-refractivity contribution in [2.45, 2.75) is 19.3 Å². The Kier molecular flexibility index (Phi) is 1.07. The van der Waals surface area contributed by atoms with Crippen LogP contribution in [0, 0.1) is 23.7 Å². The lowest BCUT2D eigenvalue weighted by Crippen LogP contribution is -2.24. The summed E-state index contributed by atoms with van der Waals surface area (Å²) in [5.74, 6) is 2.15. The van der Waals surface area contributed by atoms with E-state index in [9.17, 15) is 9.90 Å². The minimum atomic E-state index is 0.170. The minimum Gasteiger partial charge on any atom is -0.512 e. The zero-order valence-corrected chi connectivity index (χ0v) is 6.86. The maximum atomic E-state index is 11.4. The molecule has 1 N–H and O–H groups in total. The van der Waals surface area contributed by atoms with E-state index in [0.29, 0.717) is 17.6 Å². The molecular weight excluding hydrogens is 152 g/mol. The molecule has 64 valence electrons. The van der Waals surface area contributed by atoms with E-state index < -0.39 is 0 Å². The third-order valence-corrected chi connectivity index (χ3v) is 3.88. The third-order valence-electron chi connectivity index (χ3n) is 3.88. The average molecular weight is 164 g/mol. The largest absolute Gasteiger partial charge is 0.512 e. The highest BCUT2D eigenvalue weighted by atomic mass is 16.3. The first-order valence-corrected chi connectivity index (χ1v) is 4.72. The number of carbonyl (C=O) groups is 1. The summed E-state index contributed by atoms with van der Waals surface area (Å²) in [5, 5.41) is 9.53. The first-order valence-electron chi connectivity index (χ1n) is 4.72. The van der Waals surface area contributed by atoms with E-state index in [1.807, 2.05) is 0 Å². The molecule has 0 aliphatic heterocycles. The number of rotatable bonds is 0. The SMILES string of the molecule is O=C1C=C(O)[C@@H]2C3CCC(C3)[C@H]12. The van der Waals surface area contributed by atoms with Crippen molar-refractivity contribution in [1.29, 1.82) is 0 Å². The van der Waals surface area contributed by atoms with Gasteiger partial charge in [0.05, 0.1) is 5.76 Å². The van der Waals surface area contributed by atoms with Crippen molar-refractivity contribution in [3.63, 3.8) is 0 Å². The summed E-state index contributed by atoms with van der Waals surface area (Å²) < 4.78 is 0. The van der Waals surface area contributed by atoms with Crippen molar-refractivity contribution in [3.05, 3.63) is 11.8 Å². The zero-order valence-electron chi connectivity index (χ0n) is 6.86. The maximum absolute atomic E-state index is 11.4. The Morgan fingerprint density at radius 2 is 1.92 bits per heavy atom. The number of aliphatic hydroxyl groups is 1. The molecule has 3 aliphatic carbocycles.